The maximum absolute atomic E-state index is 13.0. The number of nitrogens with zero attached hydrogens (tertiary/aromatic N) is 1. The first-order valence-corrected chi connectivity index (χ1v) is 9.09. The van der Waals surface area contributed by atoms with Gasteiger partial charge in [0, 0.05) is 13.0 Å². The van der Waals surface area contributed by atoms with Crippen LogP contribution in [-0.2, 0) is 29.0 Å². The molecular formula is C21H21N3O3. The summed E-state index contributed by atoms with van der Waals surface area (Å²) in [6, 6.07) is 17.0. The lowest BCUT2D eigenvalue weighted by atomic mass is 9.78. The van der Waals surface area contributed by atoms with Gasteiger partial charge in [-0.2, -0.15) is 0 Å². The second-order valence-corrected chi connectivity index (χ2v) is 7.11. The zero-order valence-electron chi connectivity index (χ0n) is 14.9. The van der Waals surface area contributed by atoms with Crippen molar-refractivity contribution in [2.24, 2.45) is 0 Å². The van der Waals surface area contributed by atoms with Crippen molar-refractivity contribution >= 4 is 17.8 Å². The average Bonchev–Trinajstić information content (AvgIpc) is 2.91. The van der Waals surface area contributed by atoms with Crippen LogP contribution in [-0.4, -0.2) is 34.8 Å². The van der Waals surface area contributed by atoms with Gasteiger partial charge in [0.25, 0.3) is 5.91 Å². The normalized spacial score (nSPS) is 21.1. The molecule has 1 spiro atoms. The Morgan fingerprint density at radius 2 is 1.74 bits per heavy atom. The molecule has 1 aliphatic heterocycles. The Labute approximate surface area is 157 Å². The summed E-state index contributed by atoms with van der Waals surface area (Å²) in [4.78, 5) is 38.7. The number of hydrogen-bond acceptors (Lipinski definition) is 3. The fourth-order valence-corrected chi connectivity index (χ4v) is 3.84. The Hall–Kier alpha value is -3.15. The highest BCUT2D eigenvalue weighted by Gasteiger charge is 2.52. The summed E-state index contributed by atoms with van der Waals surface area (Å²) in [5.41, 5.74) is 2.32. The number of carbonyl (C=O) groups is 3. The van der Waals surface area contributed by atoms with E-state index in [1.54, 1.807) is 0 Å². The molecule has 1 aliphatic carbocycles. The molecule has 2 N–H and O–H groups in total. The third-order valence-corrected chi connectivity index (χ3v) is 5.31. The van der Waals surface area contributed by atoms with Crippen LogP contribution < -0.4 is 10.6 Å². The van der Waals surface area contributed by atoms with Crippen molar-refractivity contribution in [3.8, 4) is 0 Å². The number of carbonyl (C=O) groups excluding carboxylic acids is 3. The molecule has 2 aliphatic rings. The Balaban J connectivity index is 1.42. The number of aryl methyl sites for hydroxylation is 1. The zero-order valence-corrected chi connectivity index (χ0v) is 14.9. The van der Waals surface area contributed by atoms with Crippen molar-refractivity contribution in [1.29, 1.82) is 0 Å². The Bertz CT molecular complexity index is 897. The van der Waals surface area contributed by atoms with Crippen molar-refractivity contribution in [3.05, 3.63) is 71.3 Å². The molecule has 6 heteroatoms. The van der Waals surface area contributed by atoms with E-state index in [1.807, 2.05) is 48.5 Å². The van der Waals surface area contributed by atoms with Gasteiger partial charge in [-0.15, -0.1) is 0 Å². The van der Waals surface area contributed by atoms with Crippen LogP contribution in [0.25, 0.3) is 0 Å². The van der Waals surface area contributed by atoms with Crippen LogP contribution in [0.15, 0.2) is 54.6 Å². The molecule has 1 unspecified atom stereocenters. The standard InChI is InChI=1S/C21H21N3O3/c25-18(22-13-15-6-2-1-3-7-15)14-24-19(26)21(23-20(24)27)11-10-16-8-4-5-9-17(16)12-21/h1-9H,10-14H2,(H,22,25)(H,23,27). The van der Waals surface area contributed by atoms with Gasteiger partial charge in [-0.05, 0) is 29.5 Å². The summed E-state index contributed by atoms with van der Waals surface area (Å²) in [6.45, 7) is 0.0999. The molecule has 4 amide bonds. The lowest BCUT2D eigenvalue weighted by molar-refractivity contribution is -0.135. The van der Waals surface area contributed by atoms with Crippen LogP contribution in [0.2, 0.25) is 0 Å². The van der Waals surface area contributed by atoms with Gasteiger partial charge in [0.15, 0.2) is 0 Å². The van der Waals surface area contributed by atoms with Crippen molar-refractivity contribution in [2.75, 3.05) is 6.54 Å². The summed E-state index contributed by atoms with van der Waals surface area (Å²) in [7, 11) is 0. The molecule has 138 valence electrons. The largest absolute Gasteiger partial charge is 0.350 e. The quantitative estimate of drug-likeness (QED) is 0.813. The Morgan fingerprint density at radius 3 is 2.52 bits per heavy atom. The topological polar surface area (TPSA) is 78.5 Å². The Kier molecular flexibility index (Phi) is 4.39. The number of rotatable bonds is 4. The smallest absolute Gasteiger partial charge is 0.325 e. The molecule has 1 heterocycles. The lowest BCUT2D eigenvalue weighted by Gasteiger charge is -2.32. The summed E-state index contributed by atoms with van der Waals surface area (Å²) in [5.74, 6) is -0.660. The molecule has 0 radical (unpaired) electrons. The summed E-state index contributed by atoms with van der Waals surface area (Å²) >= 11 is 0. The van der Waals surface area contributed by atoms with Crippen LogP contribution in [0.4, 0.5) is 4.79 Å². The van der Waals surface area contributed by atoms with Gasteiger partial charge in [0.1, 0.15) is 12.1 Å². The lowest BCUT2D eigenvalue weighted by Crippen LogP contribution is -2.51. The van der Waals surface area contributed by atoms with E-state index in [-0.39, 0.29) is 18.4 Å². The first kappa shape index (κ1) is 17.3. The van der Waals surface area contributed by atoms with Crippen LogP contribution in [0.3, 0.4) is 0 Å². The first-order valence-electron chi connectivity index (χ1n) is 9.09. The van der Waals surface area contributed by atoms with Crippen molar-refractivity contribution in [3.63, 3.8) is 0 Å². The van der Waals surface area contributed by atoms with E-state index in [0.29, 0.717) is 19.4 Å². The molecular weight excluding hydrogens is 342 g/mol. The van der Waals surface area contributed by atoms with Gasteiger partial charge >= 0.3 is 6.03 Å². The van der Waals surface area contributed by atoms with Crippen LogP contribution in [0.1, 0.15) is 23.1 Å². The van der Waals surface area contributed by atoms with E-state index in [1.165, 1.54) is 5.56 Å². The van der Waals surface area contributed by atoms with E-state index in [4.69, 9.17) is 0 Å². The molecule has 1 fully saturated rings. The summed E-state index contributed by atoms with van der Waals surface area (Å²) < 4.78 is 0. The minimum absolute atomic E-state index is 0.263. The van der Waals surface area contributed by atoms with Crippen molar-refractivity contribution in [1.82, 2.24) is 15.5 Å². The van der Waals surface area contributed by atoms with Gasteiger partial charge in [-0.25, -0.2) is 4.79 Å². The molecule has 1 saturated heterocycles. The average molecular weight is 363 g/mol. The third-order valence-electron chi connectivity index (χ3n) is 5.31. The highest BCUT2D eigenvalue weighted by Crippen LogP contribution is 2.33. The number of imide groups is 1. The van der Waals surface area contributed by atoms with Crippen LogP contribution in [0, 0.1) is 0 Å². The molecule has 2 aromatic carbocycles. The highest BCUT2D eigenvalue weighted by molar-refractivity contribution is 6.09. The van der Waals surface area contributed by atoms with Gasteiger partial charge < -0.3 is 10.6 Å². The van der Waals surface area contributed by atoms with Gasteiger partial charge in [-0.3, -0.25) is 14.5 Å². The first-order chi connectivity index (χ1) is 13.1. The van der Waals surface area contributed by atoms with E-state index in [0.717, 1.165) is 22.4 Å². The predicted octanol–water partition coefficient (Wildman–Crippen LogP) is 1.78. The SMILES string of the molecule is O=C(CN1C(=O)NC2(CCc3ccccc3C2)C1=O)NCc1ccccc1. The maximum Gasteiger partial charge on any atom is 0.325 e. The number of nitrogens with one attached hydrogen (secondary N) is 2. The number of urea groups is 1. The third kappa shape index (κ3) is 3.30. The minimum atomic E-state index is -0.925. The van der Waals surface area contributed by atoms with Gasteiger partial charge in [-0.1, -0.05) is 54.6 Å². The molecule has 27 heavy (non-hydrogen) atoms. The predicted molar refractivity (Wildman–Crippen MR) is 99.7 cm³/mol. The molecule has 0 saturated carbocycles. The Morgan fingerprint density at radius 1 is 1.04 bits per heavy atom. The maximum atomic E-state index is 13.0. The van der Waals surface area contributed by atoms with E-state index >= 15 is 0 Å². The molecule has 0 aromatic heterocycles. The van der Waals surface area contributed by atoms with Gasteiger partial charge in [0.05, 0.1) is 0 Å². The van der Waals surface area contributed by atoms with Crippen molar-refractivity contribution < 1.29 is 14.4 Å². The van der Waals surface area contributed by atoms with Crippen LogP contribution in [0.5, 0.6) is 0 Å². The number of amides is 4. The zero-order chi connectivity index (χ0) is 18.9. The van der Waals surface area contributed by atoms with E-state index in [2.05, 4.69) is 16.7 Å². The van der Waals surface area contributed by atoms with E-state index < -0.39 is 11.6 Å². The van der Waals surface area contributed by atoms with Crippen LogP contribution >= 0.6 is 0 Å². The second-order valence-electron chi connectivity index (χ2n) is 7.11. The fraction of sp³-hybridized carbons (Fsp3) is 0.286. The number of fused-ring (bicyclic) bond motifs is 1. The molecule has 6 nitrogen and oxygen atoms in total. The molecule has 4 rings (SSSR count). The monoisotopic (exact) mass is 363 g/mol. The second kappa shape index (κ2) is 6.87. The van der Waals surface area contributed by atoms with Gasteiger partial charge in [0.2, 0.25) is 5.91 Å². The molecule has 1 atom stereocenters. The van der Waals surface area contributed by atoms with E-state index in [9.17, 15) is 14.4 Å². The minimum Gasteiger partial charge on any atom is -0.350 e. The summed E-state index contributed by atoms with van der Waals surface area (Å²) in [6.07, 6.45) is 1.75. The highest BCUT2D eigenvalue weighted by atomic mass is 16.2. The number of benzene rings is 2. The molecule has 2 aromatic rings. The number of hydrogen-bond donors (Lipinski definition) is 2. The molecule has 0 bridgehead atoms. The van der Waals surface area contributed by atoms with Crippen molar-refractivity contribution in [2.45, 2.75) is 31.3 Å². The fourth-order valence-electron chi connectivity index (χ4n) is 3.84. The summed E-state index contributed by atoms with van der Waals surface area (Å²) in [5, 5.41) is 5.61.